The molecule has 0 aliphatic carbocycles. The molecule has 1 aromatic heterocycles. The van der Waals surface area contributed by atoms with E-state index in [4.69, 9.17) is 14.5 Å². The lowest BCUT2D eigenvalue weighted by Gasteiger charge is -2.22. The monoisotopic (exact) mass is 518 g/mol. The zero-order valence-electron chi connectivity index (χ0n) is 19.9. The molecule has 0 spiro atoms. The molecule has 1 fully saturated rings. The molecule has 0 unspecified atom stereocenters. The third kappa shape index (κ3) is 5.24. The fourth-order valence-electron chi connectivity index (χ4n) is 3.75. The number of fused-ring (bicyclic) bond motifs is 1. The molecule has 0 atom stereocenters. The predicted molar refractivity (Wildman–Crippen MR) is 138 cm³/mol. The summed E-state index contributed by atoms with van der Waals surface area (Å²) in [5, 5.41) is 0.527. The van der Waals surface area contributed by atoms with Gasteiger partial charge in [0.25, 0.3) is 5.91 Å². The first-order chi connectivity index (χ1) is 16.3. The van der Waals surface area contributed by atoms with Gasteiger partial charge in [-0.15, -0.1) is 12.4 Å². The number of imide groups is 1. The van der Waals surface area contributed by atoms with Crippen molar-refractivity contribution in [2.75, 3.05) is 51.2 Å². The van der Waals surface area contributed by atoms with Crippen LogP contribution in [0.3, 0.4) is 0 Å². The molecule has 4 rings (SSSR count). The van der Waals surface area contributed by atoms with Crippen molar-refractivity contribution in [2.45, 2.75) is 12.8 Å². The molecule has 0 saturated carbocycles. The number of halogens is 1. The third-order valence-corrected chi connectivity index (χ3v) is 6.66. The highest BCUT2D eigenvalue weighted by Crippen LogP contribution is 2.40. The van der Waals surface area contributed by atoms with Crippen LogP contribution in [-0.4, -0.2) is 69.0 Å². The molecule has 1 aliphatic heterocycles. The summed E-state index contributed by atoms with van der Waals surface area (Å²) in [6.45, 7) is 1.05. The first kappa shape index (κ1) is 26.4. The molecule has 11 heteroatoms. The minimum absolute atomic E-state index is 0. The van der Waals surface area contributed by atoms with Crippen molar-refractivity contribution in [1.29, 1.82) is 0 Å². The van der Waals surface area contributed by atoms with Gasteiger partial charge in [0.2, 0.25) is 11.8 Å². The molecule has 1 saturated heterocycles. The summed E-state index contributed by atoms with van der Waals surface area (Å²) in [6, 6.07) is 10.1. The van der Waals surface area contributed by atoms with Crippen LogP contribution in [0.15, 0.2) is 36.4 Å². The zero-order chi connectivity index (χ0) is 24.4. The summed E-state index contributed by atoms with van der Waals surface area (Å²) in [6.07, 6.45) is 0.421. The maximum atomic E-state index is 13.6. The number of amides is 3. The Hall–Kier alpha value is -3.21. The standard InChI is InChI=1S/C24H26N4O5S.ClH/c1-26(2)13-14-27(24-25-21-17(32-3)9-10-18(33-4)22(21)34-24)23(31)15-5-7-16(8-6-15)28-19(29)11-12-20(28)30;/h5-10H,11-14H2,1-4H3;1H. The summed E-state index contributed by atoms with van der Waals surface area (Å²) in [7, 11) is 7.04. The molecule has 35 heavy (non-hydrogen) atoms. The largest absolute Gasteiger partial charge is 0.495 e. The minimum Gasteiger partial charge on any atom is -0.495 e. The summed E-state index contributed by atoms with van der Waals surface area (Å²) in [4.78, 5) is 47.1. The number of carbonyl (C=O) groups excluding carboxylic acids is 3. The molecule has 2 aromatic carbocycles. The maximum absolute atomic E-state index is 13.6. The first-order valence-electron chi connectivity index (χ1n) is 10.8. The highest BCUT2D eigenvalue weighted by molar-refractivity contribution is 7.22. The normalized spacial score (nSPS) is 13.3. The van der Waals surface area contributed by atoms with Crippen molar-refractivity contribution >= 4 is 62.5 Å². The second-order valence-electron chi connectivity index (χ2n) is 8.07. The van der Waals surface area contributed by atoms with Crippen molar-refractivity contribution in [1.82, 2.24) is 9.88 Å². The van der Waals surface area contributed by atoms with E-state index in [2.05, 4.69) is 0 Å². The van der Waals surface area contributed by atoms with Gasteiger partial charge < -0.3 is 14.4 Å². The van der Waals surface area contributed by atoms with Gasteiger partial charge in [-0.1, -0.05) is 11.3 Å². The van der Waals surface area contributed by atoms with Crippen molar-refractivity contribution in [3.05, 3.63) is 42.0 Å². The Balaban J connectivity index is 0.00000342. The van der Waals surface area contributed by atoms with Crippen molar-refractivity contribution in [2.24, 2.45) is 0 Å². The number of carbonyl (C=O) groups is 3. The molecule has 9 nitrogen and oxygen atoms in total. The molecule has 1 aliphatic rings. The Morgan fingerprint density at radius 3 is 2.14 bits per heavy atom. The first-order valence-corrected chi connectivity index (χ1v) is 11.6. The molecule has 0 bridgehead atoms. The number of rotatable bonds is 8. The number of nitrogens with zero attached hydrogens (tertiary/aromatic N) is 4. The number of anilines is 2. The fourth-order valence-corrected chi connectivity index (χ4v) is 4.85. The van der Waals surface area contributed by atoms with Crippen LogP contribution >= 0.6 is 23.7 Å². The lowest BCUT2D eigenvalue weighted by atomic mass is 10.1. The number of likely N-dealkylation sites (N-methyl/N-ethyl adjacent to an activating group) is 1. The van der Waals surface area contributed by atoms with Gasteiger partial charge >= 0.3 is 0 Å². The molecule has 3 amide bonds. The quantitative estimate of drug-likeness (QED) is 0.421. The summed E-state index contributed by atoms with van der Waals surface area (Å²) in [5.41, 5.74) is 1.53. The maximum Gasteiger partial charge on any atom is 0.260 e. The number of benzene rings is 2. The van der Waals surface area contributed by atoms with Crippen molar-refractivity contribution in [3.63, 3.8) is 0 Å². The topological polar surface area (TPSA) is 92.3 Å². The van der Waals surface area contributed by atoms with Crippen LogP contribution in [0.5, 0.6) is 11.5 Å². The molecular weight excluding hydrogens is 492 g/mol. The van der Waals surface area contributed by atoms with E-state index in [1.165, 1.54) is 16.2 Å². The number of hydrogen-bond acceptors (Lipinski definition) is 8. The van der Waals surface area contributed by atoms with Gasteiger partial charge in [0, 0.05) is 31.5 Å². The molecule has 0 radical (unpaired) electrons. The Kier molecular flexibility index (Phi) is 8.31. The average Bonchev–Trinajstić information content (AvgIpc) is 3.41. The Morgan fingerprint density at radius 1 is 0.971 bits per heavy atom. The van der Waals surface area contributed by atoms with E-state index in [0.29, 0.717) is 46.5 Å². The molecule has 186 valence electrons. The second-order valence-corrected chi connectivity index (χ2v) is 9.05. The number of thiazole rings is 1. The number of aromatic nitrogens is 1. The SMILES string of the molecule is COc1ccc(OC)c2sc(N(CCN(C)C)C(=O)c3ccc(N4C(=O)CCC4=O)cc3)nc12.Cl. The average molecular weight is 519 g/mol. The number of ether oxygens (including phenoxy) is 2. The van der Waals surface area contributed by atoms with Crippen molar-refractivity contribution in [3.8, 4) is 11.5 Å². The van der Waals surface area contributed by atoms with Crippen LogP contribution in [0.1, 0.15) is 23.2 Å². The van der Waals surface area contributed by atoms with Gasteiger partial charge in [-0.05, 0) is 50.5 Å². The molecule has 0 N–H and O–H groups in total. The van der Waals surface area contributed by atoms with E-state index in [1.54, 1.807) is 49.5 Å². The number of hydrogen-bond donors (Lipinski definition) is 0. The van der Waals surface area contributed by atoms with E-state index in [9.17, 15) is 14.4 Å². The second kappa shape index (κ2) is 11.0. The minimum atomic E-state index is -0.232. The van der Waals surface area contributed by atoms with E-state index < -0.39 is 0 Å². The lowest BCUT2D eigenvalue weighted by Crippen LogP contribution is -2.36. The van der Waals surface area contributed by atoms with Crippen LogP contribution < -0.4 is 19.3 Å². The van der Waals surface area contributed by atoms with Crippen LogP contribution in [0.4, 0.5) is 10.8 Å². The summed E-state index contributed by atoms with van der Waals surface area (Å²) in [5.74, 6) is 0.569. The summed E-state index contributed by atoms with van der Waals surface area (Å²) >= 11 is 1.36. The molecule has 2 heterocycles. The third-order valence-electron chi connectivity index (χ3n) is 5.57. The number of methoxy groups -OCH3 is 2. The van der Waals surface area contributed by atoms with E-state index in [0.717, 1.165) is 4.70 Å². The van der Waals surface area contributed by atoms with Gasteiger partial charge in [0.15, 0.2) is 5.13 Å². The molecule has 3 aromatic rings. The van der Waals surface area contributed by atoms with Crippen molar-refractivity contribution < 1.29 is 23.9 Å². The van der Waals surface area contributed by atoms with Gasteiger partial charge in [-0.3, -0.25) is 24.2 Å². The lowest BCUT2D eigenvalue weighted by molar-refractivity contribution is -0.121. The van der Waals surface area contributed by atoms with Crippen LogP contribution in [0.25, 0.3) is 10.2 Å². The van der Waals surface area contributed by atoms with E-state index in [1.807, 2.05) is 25.1 Å². The molecular formula is C24H27ClN4O5S. The van der Waals surface area contributed by atoms with Gasteiger partial charge in [0.1, 0.15) is 21.7 Å². The highest BCUT2D eigenvalue weighted by atomic mass is 35.5. The summed E-state index contributed by atoms with van der Waals surface area (Å²) < 4.78 is 11.7. The highest BCUT2D eigenvalue weighted by Gasteiger charge is 2.30. The van der Waals surface area contributed by atoms with Gasteiger partial charge in [-0.2, -0.15) is 0 Å². The van der Waals surface area contributed by atoms with Crippen LogP contribution in [0.2, 0.25) is 0 Å². The van der Waals surface area contributed by atoms with E-state index >= 15 is 0 Å². The van der Waals surface area contributed by atoms with Crippen LogP contribution in [-0.2, 0) is 9.59 Å². The fraction of sp³-hybridized carbons (Fsp3) is 0.333. The van der Waals surface area contributed by atoms with Crippen LogP contribution in [0, 0.1) is 0 Å². The zero-order valence-corrected chi connectivity index (χ0v) is 21.6. The predicted octanol–water partition coefficient (Wildman–Crippen LogP) is 3.60. The Bertz CT molecular complexity index is 1190. The van der Waals surface area contributed by atoms with Gasteiger partial charge in [0.05, 0.1) is 19.9 Å². The van der Waals surface area contributed by atoms with E-state index in [-0.39, 0.29) is 43.0 Å². The smallest absolute Gasteiger partial charge is 0.260 e. The Labute approximate surface area is 213 Å². The Morgan fingerprint density at radius 2 is 1.57 bits per heavy atom. The van der Waals surface area contributed by atoms with Gasteiger partial charge in [-0.25, -0.2) is 4.98 Å².